The van der Waals surface area contributed by atoms with Crippen LogP contribution >= 0.6 is 28.1 Å². The first-order valence-electron chi connectivity index (χ1n) is 5.05. The van der Waals surface area contributed by atoms with Crippen molar-refractivity contribution in [3.05, 3.63) is 22.3 Å². The number of halogens is 1. The second-order valence-corrected chi connectivity index (χ2v) is 5.21. The predicted molar refractivity (Wildman–Crippen MR) is 75.9 cm³/mol. The van der Waals surface area contributed by atoms with E-state index < -0.39 is 0 Å². The molecule has 5 heteroatoms. The largest absolute Gasteiger partial charge is 0.393 e. The minimum Gasteiger partial charge on any atom is -0.393 e. The average Bonchev–Trinajstić information content (AvgIpc) is 2.20. The van der Waals surface area contributed by atoms with E-state index in [0.717, 1.165) is 10.3 Å². The first kappa shape index (κ1) is 13.4. The second kappa shape index (κ2) is 5.59. The maximum absolute atomic E-state index is 5.55. The Balaban J connectivity index is 2.91. The highest BCUT2D eigenvalue weighted by molar-refractivity contribution is 9.10. The summed E-state index contributed by atoms with van der Waals surface area (Å²) in [7, 11) is 2.00. The summed E-state index contributed by atoms with van der Waals surface area (Å²) in [6.45, 7) is 4.12. The van der Waals surface area contributed by atoms with Crippen LogP contribution in [0.3, 0.4) is 0 Å². The predicted octanol–water partition coefficient (Wildman–Crippen LogP) is 2.65. The maximum Gasteiger partial charge on any atom is 0.143 e. The van der Waals surface area contributed by atoms with Crippen molar-refractivity contribution in [2.75, 3.05) is 11.9 Å². The molecule has 0 saturated heterocycles. The number of aromatic nitrogens is 1. The number of nitrogens with two attached hydrogens (primary N) is 1. The number of anilines is 1. The normalized spacial score (nSPS) is 12.2. The lowest BCUT2D eigenvalue weighted by Crippen LogP contribution is -2.33. The third kappa shape index (κ3) is 3.15. The summed E-state index contributed by atoms with van der Waals surface area (Å²) in [6.07, 6.45) is 2.49. The van der Waals surface area contributed by atoms with E-state index in [4.69, 9.17) is 18.0 Å². The molecule has 0 aliphatic rings. The number of hydrogen-bond donors (Lipinski definition) is 1. The van der Waals surface area contributed by atoms with Gasteiger partial charge in [-0.2, -0.15) is 0 Å². The molecule has 0 saturated carbocycles. The van der Waals surface area contributed by atoms with Crippen molar-refractivity contribution in [2.24, 2.45) is 5.73 Å². The summed E-state index contributed by atoms with van der Waals surface area (Å²) in [6, 6.07) is 2.21. The van der Waals surface area contributed by atoms with E-state index in [9.17, 15) is 0 Å². The topological polar surface area (TPSA) is 42.2 Å². The van der Waals surface area contributed by atoms with Crippen molar-refractivity contribution in [2.45, 2.75) is 26.3 Å². The summed E-state index contributed by atoms with van der Waals surface area (Å²) in [5.74, 6) is 0.920. The SMILES string of the molecule is Cc1ccnc(N(C)C(C)CC(N)=S)c1Br. The standard InChI is InChI=1S/C11H16BrN3S/c1-7-4-5-14-11(10(7)12)15(3)8(2)6-9(13)16/h4-5,8H,6H2,1-3H3,(H2,13,16). The Kier molecular flexibility index (Phi) is 4.68. The summed E-state index contributed by atoms with van der Waals surface area (Å²) in [5.41, 5.74) is 6.72. The van der Waals surface area contributed by atoms with Crippen LogP contribution in [0.1, 0.15) is 18.9 Å². The molecule has 0 fully saturated rings. The smallest absolute Gasteiger partial charge is 0.143 e. The van der Waals surface area contributed by atoms with E-state index in [1.165, 1.54) is 5.56 Å². The molecule has 1 aromatic heterocycles. The van der Waals surface area contributed by atoms with Gasteiger partial charge >= 0.3 is 0 Å². The van der Waals surface area contributed by atoms with Crippen LogP contribution in [-0.2, 0) is 0 Å². The lowest BCUT2D eigenvalue weighted by atomic mass is 10.2. The average molecular weight is 302 g/mol. The maximum atomic E-state index is 5.55. The molecule has 0 spiro atoms. The number of aryl methyl sites for hydroxylation is 1. The number of hydrogen-bond acceptors (Lipinski definition) is 3. The Bertz CT molecular complexity index is 395. The van der Waals surface area contributed by atoms with Gasteiger partial charge in [0.1, 0.15) is 5.82 Å². The van der Waals surface area contributed by atoms with Gasteiger partial charge in [-0.15, -0.1) is 0 Å². The van der Waals surface area contributed by atoms with E-state index in [1.807, 2.05) is 20.0 Å². The molecule has 3 nitrogen and oxygen atoms in total. The minimum atomic E-state index is 0.239. The lowest BCUT2D eigenvalue weighted by Gasteiger charge is -2.26. The molecule has 0 bridgehead atoms. The van der Waals surface area contributed by atoms with Crippen molar-refractivity contribution < 1.29 is 0 Å². The Morgan fingerprint density at radius 1 is 1.69 bits per heavy atom. The van der Waals surface area contributed by atoms with Gasteiger partial charge in [0, 0.05) is 25.7 Å². The Morgan fingerprint density at radius 3 is 2.88 bits per heavy atom. The molecule has 1 atom stereocenters. The van der Waals surface area contributed by atoms with Crippen LogP contribution in [0.15, 0.2) is 16.7 Å². The summed E-state index contributed by atoms with van der Waals surface area (Å²) in [5, 5.41) is 0. The van der Waals surface area contributed by atoms with Gasteiger partial charge in [-0.25, -0.2) is 4.98 Å². The van der Waals surface area contributed by atoms with Crippen molar-refractivity contribution in [3.63, 3.8) is 0 Å². The van der Waals surface area contributed by atoms with Crippen LogP contribution in [0, 0.1) is 6.92 Å². The van der Waals surface area contributed by atoms with Crippen LogP contribution < -0.4 is 10.6 Å². The van der Waals surface area contributed by atoms with Gasteiger partial charge in [0.05, 0.1) is 9.46 Å². The number of thiocarbonyl (C=S) groups is 1. The van der Waals surface area contributed by atoms with E-state index in [-0.39, 0.29) is 6.04 Å². The molecular weight excluding hydrogens is 286 g/mol. The zero-order valence-corrected chi connectivity index (χ0v) is 12.1. The monoisotopic (exact) mass is 301 g/mol. The van der Waals surface area contributed by atoms with E-state index >= 15 is 0 Å². The highest BCUT2D eigenvalue weighted by atomic mass is 79.9. The Morgan fingerprint density at radius 2 is 2.31 bits per heavy atom. The summed E-state index contributed by atoms with van der Waals surface area (Å²) >= 11 is 8.47. The zero-order valence-electron chi connectivity index (χ0n) is 9.70. The fraction of sp³-hybridized carbons (Fsp3) is 0.455. The second-order valence-electron chi connectivity index (χ2n) is 3.90. The number of nitrogens with zero attached hydrogens (tertiary/aromatic N) is 2. The Hall–Kier alpha value is -0.680. The number of rotatable bonds is 4. The number of pyridine rings is 1. The molecule has 1 aromatic rings. The third-order valence-corrected chi connectivity index (χ3v) is 3.70. The molecule has 2 N–H and O–H groups in total. The van der Waals surface area contributed by atoms with Crippen molar-refractivity contribution >= 4 is 39.0 Å². The summed E-state index contributed by atoms with van der Waals surface area (Å²) < 4.78 is 1.02. The highest BCUT2D eigenvalue weighted by Crippen LogP contribution is 2.27. The molecule has 1 rings (SSSR count). The van der Waals surface area contributed by atoms with Crippen LogP contribution in [0.2, 0.25) is 0 Å². The first-order valence-corrected chi connectivity index (χ1v) is 6.26. The minimum absolute atomic E-state index is 0.239. The third-order valence-electron chi connectivity index (χ3n) is 2.56. The van der Waals surface area contributed by atoms with E-state index in [2.05, 4.69) is 32.7 Å². The van der Waals surface area contributed by atoms with E-state index in [0.29, 0.717) is 11.4 Å². The highest BCUT2D eigenvalue weighted by Gasteiger charge is 2.15. The molecule has 1 heterocycles. The van der Waals surface area contributed by atoms with E-state index in [1.54, 1.807) is 6.20 Å². The lowest BCUT2D eigenvalue weighted by molar-refractivity contribution is 0.703. The van der Waals surface area contributed by atoms with Gasteiger partial charge in [-0.3, -0.25) is 0 Å². The van der Waals surface area contributed by atoms with Gasteiger partial charge in [0.2, 0.25) is 0 Å². The molecule has 0 aliphatic carbocycles. The van der Waals surface area contributed by atoms with Gasteiger partial charge in [-0.1, -0.05) is 12.2 Å². The molecule has 88 valence electrons. The Labute approximate surface area is 110 Å². The van der Waals surface area contributed by atoms with Gasteiger partial charge in [0.25, 0.3) is 0 Å². The zero-order chi connectivity index (χ0) is 12.3. The van der Waals surface area contributed by atoms with Crippen LogP contribution in [0.4, 0.5) is 5.82 Å². The molecular formula is C11H16BrN3S. The fourth-order valence-corrected chi connectivity index (χ4v) is 2.16. The molecule has 16 heavy (non-hydrogen) atoms. The molecule has 1 unspecified atom stereocenters. The van der Waals surface area contributed by atoms with Crippen LogP contribution in [0.5, 0.6) is 0 Å². The van der Waals surface area contributed by atoms with Crippen molar-refractivity contribution in [1.82, 2.24) is 4.98 Å². The van der Waals surface area contributed by atoms with Gasteiger partial charge in [0.15, 0.2) is 0 Å². The summed E-state index contributed by atoms with van der Waals surface area (Å²) in [4.78, 5) is 6.97. The van der Waals surface area contributed by atoms with Crippen molar-refractivity contribution in [3.8, 4) is 0 Å². The molecule has 0 amide bonds. The molecule has 0 aromatic carbocycles. The quantitative estimate of drug-likeness (QED) is 0.868. The molecule has 0 aliphatic heterocycles. The van der Waals surface area contributed by atoms with Crippen molar-refractivity contribution in [1.29, 1.82) is 0 Å². The molecule has 0 radical (unpaired) electrons. The van der Waals surface area contributed by atoms with Gasteiger partial charge < -0.3 is 10.6 Å². The van der Waals surface area contributed by atoms with Gasteiger partial charge in [-0.05, 0) is 41.4 Å². The first-order chi connectivity index (χ1) is 7.43. The van der Waals surface area contributed by atoms with Crippen LogP contribution in [0.25, 0.3) is 0 Å². The van der Waals surface area contributed by atoms with Crippen LogP contribution in [-0.4, -0.2) is 23.1 Å². The fourth-order valence-electron chi connectivity index (χ4n) is 1.41.